The maximum absolute atomic E-state index is 12.5. The van der Waals surface area contributed by atoms with Gasteiger partial charge in [0.25, 0.3) is 0 Å². The van der Waals surface area contributed by atoms with E-state index >= 15 is 0 Å². The first kappa shape index (κ1) is 78.3. The Balaban J connectivity index is 3.34. The van der Waals surface area contributed by atoms with Crippen molar-refractivity contribution in [3.63, 3.8) is 0 Å². The van der Waals surface area contributed by atoms with Gasteiger partial charge in [-0.05, 0) is 57.8 Å². The summed E-state index contributed by atoms with van der Waals surface area (Å²) in [6.45, 7) is 4.93. The molecule has 3 N–H and O–H groups in total. The number of amides is 1. The summed E-state index contributed by atoms with van der Waals surface area (Å²) in [6, 6.07) is -0.624. The van der Waals surface area contributed by atoms with Gasteiger partial charge in [-0.2, -0.15) is 0 Å². The predicted molar refractivity (Wildman–Crippen MR) is 352 cm³/mol. The van der Waals surface area contributed by atoms with Crippen LogP contribution in [0.15, 0.2) is 24.3 Å². The van der Waals surface area contributed by atoms with Crippen LogP contribution in [0.5, 0.6) is 0 Å². The Bertz CT molecular complexity index is 1250. The van der Waals surface area contributed by atoms with Crippen LogP contribution in [0.3, 0.4) is 0 Å². The van der Waals surface area contributed by atoms with Crippen molar-refractivity contribution in [2.24, 2.45) is 0 Å². The van der Waals surface area contributed by atoms with Crippen molar-refractivity contribution in [3.8, 4) is 0 Å². The molecule has 80 heavy (non-hydrogen) atoms. The Kier molecular flexibility index (Phi) is 68.4. The van der Waals surface area contributed by atoms with Gasteiger partial charge in [-0.3, -0.25) is 9.59 Å². The minimum Gasteiger partial charge on any atom is -0.466 e. The first-order chi connectivity index (χ1) is 39.5. The number of aliphatic hydroxyl groups excluding tert-OH is 2. The molecule has 0 aromatic heterocycles. The monoisotopic (exact) mass is 1130 g/mol. The van der Waals surface area contributed by atoms with Gasteiger partial charge in [0.05, 0.1) is 25.4 Å². The quantitative estimate of drug-likeness (QED) is 0.0320. The van der Waals surface area contributed by atoms with Gasteiger partial charge in [0.1, 0.15) is 0 Å². The lowest BCUT2D eigenvalue weighted by Gasteiger charge is -2.20. The lowest BCUT2D eigenvalue weighted by atomic mass is 10.0. The zero-order valence-corrected chi connectivity index (χ0v) is 54.3. The molecule has 474 valence electrons. The highest BCUT2D eigenvalue weighted by molar-refractivity contribution is 5.76. The Morgan fingerprint density at radius 2 is 0.588 bits per heavy atom. The molecule has 0 saturated heterocycles. The molecule has 0 aliphatic rings. The molecule has 2 unspecified atom stereocenters. The minimum atomic E-state index is -0.841. The van der Waals surface area contributed by atoms with E-state index < -0.39 is 12.1 Å². The van der Waals surface area contributed by atoms with Crippen LogP contribution in [-0.2, 0) is 14.3 Å². The van der Waals surface area contributed by atoms with Crippen LogP contribution in [-0.4, -0.2) is 47.4 Å². The summed E-state index contributed by atoms with van der Waals surface area (Å²) in [4.78, 5) is 24.6. The number of carbonyl (C=O) groups is 2. The molecule has 0 aromatic carbocycles. The molecular formula is C74H143NO5. The number of unbranched alkanes of at least 4 members (excludes halogenated alkanes) is 56. The summed E-state index contributed by atoms with van der Waals surface area (Å²) < 4.78 is 5.48. The van der Waals surface area contributed by atoms with E-state index in [1.807, 2.05) is 6.08 Å². The second kappa shape index (κ2) is 69.8. The second-order valence-electron chi connectivity index (χ2n) is 25.3. The predicted octanol–water partition coefficient (Wildman–Crippen LogP) is 23.7. The van der Waals surface area contributed by atoms with Crippen LogP contribution in [0, 0.1) is 0 Å². The molecule has 0 aliphatic carbocycles. The van der Waals surface area contributed by atoms with Crippen molar-refractivity contribution in [1.29, 1.82) is 0 Å². The molecule has 0 aromatic rings. The van der Waals surface area contributed by atoms with Gasteiger partial charge in [-0.25, -0.2) is 0 Å². The van der Waals surface area contributed by atoms with E-state index in [0.29, 0.717) is 19.4 Å². The molecule has 0 heterocycles. The summed E-state index contributed by atoms with van der Waals surface area (Å²) in [6.07, 6.45) is 88.5. The fraction of sp³-hybridized carbons (Fsp3) is 0.919. The molecular weight excluding hydrogens is 983 g/mol. The lowest BCUT2D eigenvalue weighted by molar-refractivity contribution is -0.143. The normalized spacial score (nSPS) is 12.6. The highest BCUT2D eigenvalue weighted by Crippen LogP contribution is 2.19. The third-order valence-corrected chi connectivity index (χ3v) is 17.2. The zero-order chi connectivity index (χ0) is 57.8. The number of nitrogens with one attached hydrogen (secondary N) is 1. The number of allylic oxidation sites excluding steroid dienone is 3. The number of ether oxygens (including phenoxy) is 1. The van der Waals surface area contributed by atoms with Gasteiger partial charge in [0.15, 0.2) is 0 Å². The number of hydrogen-bond donors (Lipinski definition) is 3. The second-order valence-corrected chi connectivity index (χ2v) is 25.3. The van der Waals surface area contributed by atoms with Gasteiger partial charge in [0, 0.05) is 12.8 Å². The van der Waals surface area contributed by atoms with E-state index in [9.17, 15) is 19.8 Å². The molecule has 6 nitrogen and oxygen atoms in total. The largest absolute Gasteiger partial charge is 0.466 e. The number of esters is 1. The molecule has 0 spiro atoms. The maximum Gasteiger partial charge on any atom is 0.305 e. The fourth-order valence-corrected chi connectivity index (χ4v) is 11.6. The van der Waals surface area contributed by atoms with Crippen LogP contribution < -0.4 is 5.32 Å². The molecule has 0 radical (unpaired) electrons. The Hall–Kier alpha value is -1.66. The molecule has 0 bridgehead atoms. The van der Waals surface area contributed by atoms with Gasteiger partial charge in [0.2, 0.25) is 5.91 Å². The summed E-state index contributed by atoms with van der Waals surface area (Å²) in [5.74, 6) is -0.0475. The number of aliphatic hydroxyl groups is 2. The summed E-state index contributed by atoms with van der Waals surface area (Å²) in [7, 11) is 0. The van der Waals surface area contributed by atoms with E-state index in [-0.39, 0.29) is 18.5 Å². The van der Waals surface area contributed by atoms with Crippen LogP contribution in [0.2, 0.25) is 0 Å². The van der Waals surface area contributed by atoms with Crippen LogP contribution in [0.1, 0.15) is 412 Å². The van der Waals surface area contributed by atoms with E-state index in [1.165, 1.54) is 340 Å². The molecule has 0 rings (SSSR count). The van der Waals surface area contributed by atoms with Gasteiger partial charge in [-0.15, -0.1) is 0 Å². The highest BCUT2D eigenvalue weighted by atomic mass is 16.5. The van der Waals surface area contributed by atoms with Crippen molar-refractivity contribution in [2.45, 2.75) is 424 Å². The number of carbonyl (C=O) groups excluding carboxylic acids is 2. The molecule has 0 aliphatic heterocycles. The van der Waals surface area contributed by atoms with Crippen LogP contribution in [0.4, 0.5) is 0 Å². The molecule has 2 atom stereocenters. The van der Waals surface area contributed by atoms with E-state index in [0.717, 1.165) is 44.9 Å². The fourth-order valence-electron chi connectivity index (χ4n) is 11.6. The summed E-state index contributed by atoms with van der Waals surface area (Å²) in [5.41, 5.74) is 0. The van der Waals surface area contributed by atoms with Crippen molar-refractivity contribution >= 4 is 11.9 Å². The Morgan fingerprint density at radius 3 is 0.900 bits per heavy atom. The van der Waals surface area contributed by atoms with E-state index in [1.54, 1.807) is 6.08 Å². The number of rotatable bonds is 69. The van der Waals surface area contributed by atoms with Crippen LogP contribution >= 0.6 is 0 Å². The molecule has 0 saturated carbocycles. The maximum atomic E-state index is 12.5. The number of hydrogen-bond acceptors (Lipinski definition) is 5. The topological polar surface area (TPSA) is 95.9 Å². The Morgan fingerprint density at radius 1 is 0.338 bits per heavy atom. The van der Waals surface area contributed by atoms with Crippen LogP contribution in [0.25, 0.3) is 0 Å². The van der Waals surface area contributed by atoms with Crippen molar-refractivity contribution in [1.82, 2.24) is 5.32 Å². The first-order valence-corrected chi connectivity index (χ1v) is 36.6. The van der Waals surface area contributed by atoms with Gasteiger partial charge < -0.3 is 20.3 Å². The smallest absolute Gasteiger partial charge is 0.305 e. The van der Waals surface area contributed by atoms with Gasteiger partial charge >= 0.3 is 5.97 Å². The molecule has 6 heteroatoms. The molecule has 0 fully saturated rings. The van der Waals surface area contributed by atoms with Crippen molar-refractivity contribution < 1.29 is 24.5 Å². The summed E-state index contributed by atoms with van der Waals surface area (Å²) >= 11 is 0. The highest BCUT2D eigenvalue weighted by Gasteiger charge is 2.18. The van der Waals surface area contributed by atoms with Crippen molar-refractivity contribution in [3.05, 3.63) is 24.3 Å². The standard InChI is InChI=1S/C74H143NO5/c1-3-5-7-9-11-13-15-17-18-19-36-39-43-46-50-54-58-62-66-72(77)71(70-76)75-73(78)67-63-59-55-51-47-44-40-37-34-32-30-28-26-24-22-20-21-23-25-27-29-31-33-35-38-41-45-49-53-57-61-65-69-80-74(79)68-64-60-56-52-48-42-16-14-12-10-8-6-4-2/h14,16,62,66,71-72,76-77H,3-13,15,17-61,63-65,67-70H2,1-2H3,(H,75,78)/b16-14-,66-62+. The third-order valence-electron chi connectivity index (χ3n) is 17.2. The average molecular weight is 1130 g/mol. The zero-order valence-electron chi connectivity index (χ0n) is 54.3. The first-order valence-electron chi connectivity index (χ1n) is 36.6. The average Bonchev–Trinajstić information content (AvgIpc) is 3.46. The van der Waals surface area contributed by atoms with E-state index in [4.69, 9.17) is 4.74 Å². The SMILES string of the molecule is CCCCCC/C=C\CCCCCCCC(=O)OCCCCCCCCCCCCCCCCCCCCCCCCCCCCCCCCCCC(=O)NC(CO)C(O)/C=C/CCCCCCCCCCCCCCCCCC. The van der Waals surface area contributed by atoms with Gasteiger partial charge in [-0.1, -0.05) is 366 Å². The molecule has 1 amide bonds. The Labute approximate surface area is 501 Å². The third kappa shape index (κ3) is 65.5. The van der Waals surface area contributed by atoms with E-state index in [2.05, 4.69) is 31.3 Å². The summed E-state index contributed by atoms with van der Waals surface area (Å²) in [5, 5.41) is 23.2. The minimum absolute atomic E-state index is 0.0123. The lowest BCUT2D eigenvalue weighted by Crippen LogP contribution is -2.45. The van der Waals surface area contributed by atoms with Crippen molar-refractivity contribution in [2.75, 3.05) is 13.2 Å².